The van der Waals surface area contributed by atoms with Crippen molar-refractivity contribution in [2.75, 3.05) is 43.6 Å². The Labute approximate surface area is 128 Å². The SMILES string of the molecule is CCCc1c(NCC)ncnc1N(C)CCOCC1CC1. The third-order valence-corrected chi connectivity index (χ3v) is 3.75. The van der Waals surface area contributed by atoms with Crippen molar-refractivity contribution in [2.45, 2.75) is 39.5 Å². The molecular formula is C16H28N4O. The normalized spacial score (nSPS) is 14.2. The van der Waals surface area contributed by atoms with E-state index in [1.165, 1.54) is 18.4 Å². The van der Waals surface area contributed by atoms with Crippen LogP contribution in [0.15, 0.2) is 6.33 Å². The van der Waals surface area contributed by atoms with Crippen LogP contribution < -0.4 is 10.2 Å². The number of ether oxygens (including phenoxy) is 1. The molecule has 5 heteroatoms. The van der Waals surface area contributed by atoms with Crippen LogP contribution in [-0.2, 0) is 11.2 Å². The first-order chi connectivity index (χ1) is 10.3. The fraction of sp³-hybridized carbons (Fsp3) is 0.750. The number of anilines is 2. The molecule has 21 heavy (non-hydrogen) atoms. The van der Waals surface area contributed by atoms with Gasteiger partial charge in [-0.25, -0.2) is 9.97 Å². The molecule has 1 aliphatic carbocycles. The van der Waals surface area contributed by atoms with Gasteiger partial charge in [0.05, 0.1) is 6.61 Å². The Morgan fingerprint density at radius 1 is 1.33 bits per heavy atom. The first kappa shape index (κ1) is 16.0. The zero-order chi connectivity index (χ0) is 15.1. The summed E-state index contributed by atoms with van der Waals surface area (Å²) in [6.45, 7) is 7.70. The number of aromatic nitrogens is 2. The molecule has 1 aromatic heterocycles. The molecule has 0 atom stereocenters. The Hall–Kier alpha value is -1.36. The molecule has 0 aromatic carbocycles. The van der Waals surface area contributed by atoms with E-state index < -0.39 is 0 Å². The molecule has 1 heterocycles. The summed E-state index contributed by atoms with van der Waals surface area (Å²) in [5, 5.41) is 3.34. The molecule has 0 bridgehead atoms. The lowest BCUT2D eigenvalue weighted by Gasteiger charge is -2.22. The predicted molar refractivity (Wildman–Crippen MR) is 87.0 cm³/mol. The molecule has 1 saturated carbocycles. The second-order valence-electron chi connectivity index (χ2n) is 5.74. The first-order valence-corrected chi connectivity index (χ1v) is 8.12. The van der Waals surface area contributed by atoms with Crippen LogP contribution in [0.5, 0.6) is 0 Å². The molecule has 1 aliphatic rings. The molecule has 1 fully saturated rings. The second-order valence-corrected chi connectivity index (χ2v) is 5.74. The fourth-order valence-electron chi connectivity index (χ4n) is 2.37. The first-order valence-electron chi connectivity index (χ1n) is 8.12. The van der Waals surface area contributed by atoms with E-state index in [2.05, 4.69) is 41.1 Å². The van der Waals surface area contributed by atoms with E-state index in [0.717, 1.165) is 56.7 Å². The fourth-order valence-corrected chi connectivity index (χ4v) is 2.37. The third-order valence-electron chi connectivity index (χ3n) is 3.75. The molecule has 1 N–H and O–H groups in total. The van der Waals surface area contributed by atoms with E-state index in [9.17, 15) is 0 Å². The van der Waals surface area contributed by atoms with E-state index in [0.29, 0.717) is 0 Å². The number of hydrogen-bond donors (Lipinski definition) is 1. The smallest absolute Gasteiger partial charge is 0.137 e. The number of nitrogens with zero attached hydrogens (tertiary/aromatic N) is 3. The molecule has 0 saturated heterocycles. The van der Waals surface area contributed by atoms with Gasteiger partial charge < -0.3 is 15.0 Å². The van der Waals surface area contributed by atoms with Crippen LogP contribution in [0.4, 0.5) is 11.6 Å². The van der Waals surface area contributed by atoms with Crippen molar-refractivity contribution >= 4 is 11.6 Å². The monoisotopic (exact) mass is 292 g/mol. The van der Waals surface area contributed by atoms with Gasteiger partial charge in [-0.15, -0.1) is 0 Å². The average Bonchev–Trinajstić information content (AvgIpc) is 3.30. The highest BCUT2D eigenvalue weighted by molar-refractivity contribution is 5.58. The summed E-state index contributed by atoms with van der Waals surface area (Å²) in [4.78, 5) is 11.0. The van der Waals surface area contributed by atoms with Crippen LogP contribution in [0.2, 0.25) is 0 Å². The molecule has 0 unspecified atom stereocenters. The molecule has 118 valence electrons. The van der Waals surface area contributed by atoms with E-state index >= 15 is 0 Å². The van der Waals surface area contributed by atoms with Crippen LogP contribution in [0.1, 0.15) is 38.7 Å². The van der Waals surface area contributed by atoms with Crippen LogP contribution in [-0.4, -0.2) is 43.3 Å². The van der Waals surface area contributed by atoms with E-state index in [-0.39, 0.29) is 0 Å². The van der Waals surface area contributed by atoms with Gasteiger partial charge in [0.15, 0.2) is 0 Å². The van der Waals surface area contributed by atoms with Gasteiger partial charge in [0.25, 0.3) is 0 Å². The van der Waals surface area contributed by atoms with Crippen molar-refractivity contribution in [3.05, 3.63) is 11.9 Å². The van der Waals surface area contributed by atoms with Gasteiger partial charge in [-0.2, -0.15) is 0 Å². The van der Waals surface area contributed by atoms with Gasteiger partial charge in [-0.1, -0.05) is 13.3 Å². The molecule has 1 aromatic rings. The standard InChI is InChI=1S/C16H28N4O/c1-4-6-14-15(17-5-2)18-12-19-16(14)20(3)9-10-21-11-13-7-8-13/h12-13H,4-11H2,1-3H3,(H,17,18,19). The Morgan fingerprint density at radius 3 is 2.81 bits per heavy atom. The van der Waals surface area contributed by atoms with E-state index in [1.54, 1.807) is 6.33 Å². The summed E-state index contributed by atoms with van der Waals surface area (Å²) >= 11 is 0. The average molecular weight is 292 g/mol. The Bertz CT molecular complexity index is 434. The van der Waals surface area contributed by atoms with Crippen LogP contribution in [0.3, 0.4) is 0 Å². The molecule has 0 aliphatic heterocycles. The minimum atomic E-state index is 0.763. The molecule has 0 amide bonds. The zero-order valence-corrected chi connectivity index (χ0v) is 13.6. The van der Waals surface area contributed by atoms with Crippen molar-refractivity contribution in [2.24, 2.45) is 5.92 Å². The highest BCUT2D eigenvalue weighted by atomic mass is 16.5. The van der Waals surface area contributed by atoms with Gasteiger partial charge in [0, 0.05) is 32.3 Å². The summed E-state index contributed by atoms with van der Waals surface area (Å²) < 4.78 is 5.73. The molecule has 5 nitrogen and oxygen atoms in total. The Kier molecular flexibility index (Phi) is 6.23. The van der Waals surface area contributed by atoms with Crippen LogP contribution in [0.25, 0.3) is 0 Å². The van der Waals surface area contributed by atoms with Crippen molar-refractivity contribution in [3.8, 4) is 0 Å². The quantitative estimate of drug-likeness (QED) is 0.672. The van der Waals surface area contributed by atoms with Gasteiger partial charge in [0.2, 0.25) is 0 Å². The van der Waals surface area contributed by atoms with Crippen molar-refractivity contribution in [1.29, 1.82) is 0 Å². The lowest BCUT2D eigenvalue weighted by atomic mass is 10.1. The van der Waals surface area contributed by atoms with Gasteiger partial charge in [-0.3, -0.25) is 0 Å². The number of nitrogens with one attached hydrogen (secondary N) is 1. The van der Waals surface area contributed by atoms with Crippen LogP contribution >= 0.6 is 0 Å². The largest absolute Gasteiger partial charge is 0.379 e. The maximum absolute atomic E-state index is 5.73. The minimum Gasteiger partial charge on any atom is -0.379 e. The summed E-state index contributed by atoms with van der Waals surface area (Å²) in [5.41, 5.74) is 1.21. The third kappa shape index (κ3) is 4.84. The van der Waals surface area contributed by atoms with E-state index in [4.69, 9.17) is 4.74 Å². The van der Waals surface area contributed by atoms with Gasteiger partial charge >= 0.3 is 0 Å². The second kappa shape index (κ2) is 8.17. The van der Waals surface area contributed by atoms with Gasteiger partial charge in [-0.05, 0) is 32.1 Å². The Balaban J connectivity index is 1.96. The number of hydrogen-bond acceptors (Lipinski definition) is 5. The zero-order valence-electron chi connectivity index (χ0n) is 13.6. The number of likely N-dealkylation sites (N-methyl/N-ethyl adjacent to an activating group) is 1. The lowest BCUT2D eigenvalue weighted by Crippen LogP contribution is -2.25. The molecular weight excluding hydrogens is 264 g/mol. The highest BCUT2D eigenvalue weighted by Gasteiger charge is 2.21. The minimum absolute atomic E-state index is 0.763. The van der Waals surface area contributed by atoms with Gasteiger partial charge in [0.1, 0.15) is 18.0 Å². The lowest BCUT2D eigenvalue weighted by molar-refractivity contribution is 0.130. The van der Waals surface area contributed by atoms with Crippen LogP contribution in [0, 0.1) is 5.92 Å². The topological polar surface area (TPSA) is 50.3 Å². The summed E-state index contributed by atoms with van der Waals surface area (Å²) in [5.74, 6) is 2.82. The number of rotatable bonds is 10. The predicted octanol–water partition coefficient (Wildman–Crippen LogP) is 2.72. The summed E-state index contributed by atoms with van der Waals surface area (Å²) in [6, 6.07) is 0. The van der Waals surface area contributed by atoms with Crippen molar-refractivity contribution < 1.29 is 4.74 Å². The maximum atomic E-state index is 5.73. The molecule has 2 rings (SSSR count). The van der Waals surface area contributed by atoms with Crippen molar-refractivity contribution in [1.82, 2.24) is 9.97 Å². The highest BCUT2D eigenvalue weighted by Crippen LogP contribution is 2.29. The maximum Gasteiger partial charge on any atom is 0.137 e. The summed E-state index contributed by atoms with van der Waals surface area (Å²) in [7, 11) is 2.08. The molecule has 0 radical (unpaired) electrons. The van der Waals surface area contributed by atoms with Crippen molar-refractivity contribution in [3.63, 3.8) is 0 Å². The summed E-state index contributed by atoms with van der Waals surface area (Å²) in [6.07, 6.45) is 6.41. The van der Waals surface area contributed by atoms with E-state index in [1.807, 2.05) is 0 Å². The Morgan fingerprint density at radius 2 is 2.14 bits per heavy atom. The molecule has 0 spiro atoms.